The Balaban J connectivity index is 2.03. The maximum Gasteiger partial charge on any atom is 0.343 e. The van der Waals surface area contributed by atoms with E-state index in [1.807, 2.05) is 0 Å². The topological polar surface area (TPSA) is 78.1 Å². The van der Waals surface area contributed by atoms with E-state index in [1.54, 1.807) is 19.1 Å². The number of carbonyl (C=O) groups is 1. The third-order valence-corrected chi connectivity index (χ3v) is 3.55. The molecule has 0 saturated heterocycles. The van der Waals surface area contributed by atoms with Gasteiger partial charge >= 0.3 is 5.97 Å². The second-order valence-corrected chi connectivity index (χ2v) is 5.10. The smallest absolute Gasteiger partial charge is 0.343 e. The number of hydrogen-bond donors (Lipinski definition) is 1. The van der Waals surface area contributed by atoms with E-state index in [4.69, 9.17) is 10.5 Å². The molecule has 0 unspecified atom stereocenters. The van der Waals surface area contributed by atoms with Crippen LogP contribution in [-0.4, -0.2) is 22.5 Å². The zero-order valence-corrected chi connectivity index (χ0v) is 12.2. The normalized spacial score (nSPS) is 10.4. The van der Waals surface area contributed by atoms with Crippen LogP contribution in [0.2, 0.25) is 0 Å². The Kier molecular flexibility index (Phi) is 5.10. The summed E-state index contributed by atoms with van der Waals surface area (Å²) in [5.74, 6) is 0.248. The molecule has 2 aromatic rings. The van der Waals surface area contributed by atoms with Crippen LogP contribution in [0.4, 0.5) is 10.2 Å². The Morgan fingerprint density at radius 2 is 2.10 bits per heavy atom. The maximum atomic E-state index is 12.8. The quantitative estimate of drug-likeness (QED) is 0.676. The molecule has 110 valence electrons. The van der Waals surface area contributed by atoms with Crippen molar-refractivity contribution in [2.45, 2.75) is 17.6 Å². The predicted octanol–water partition coefficient (Wildman–Crippen LogP) is 2.67. The summed E-state index contributed by atoms with van der Waals surface area (Å²) in [6.45, 7) is 1.98. The lowest BCUT2D eigenvalue weighted by molar-refractivity contribution is 0.0526. The molecule has 0 bridgehead atoms. The van der Waals surface area contributed by atoms with Crippen molar-refractivity contribution >= 4 is 23.5 Å². The molecule has 1 aromatic carbocycles. The number of thioether (sulfide) groups is 1. The average Bonchev–Trinajstić information content (AvgIpc) is 2.47. The van der Waals surface area contributed by atoms with Gasteiger partial charge in [0.1, 0.15) is 23.0 Å². The zero-order chi connectivity index (χ0) is 15.2. The number of nitrogen functional groups attached to an aromatic ring is 1. The van der Waals surface area contributed by atoms with Crippen molar-refractivity contribution in [1.82, 2.24) is 9.97 Å². The molecule has 0 aliphatic carbocycles. The van der Waals surface area contributed by atoms with Crippen LogP contribution in [0.3, 0.4) is 0 Å². The van der Waals surface area contributed by atoms with Crippen LogP contribution in [0, 0.1) is 5.82 Å². The first-order valence-electron chi connectivity index (χ1n) is 6.27. The predicted molar refractivity (Wildman–Crippen MR) is 78.4 cm³/mol. The highest BCUT2D eigenvalue weighted by molar-refractivity contribution is 7.98. The van der Waals surface area contributed by atoms with Crippen molar-refractivity contribution < 1.29 is 13.9 Å². The summed E-state index contributed by atoms with van der Waals surface area (Å²) in [5.41, 5.74) is 5.89. The Morgan fingerprint density at radius 1 is 1.38 bits per heavy atom. The van der Waals surface area contributed by atoms with Gasteiger partial charge in [0.15, 0.2) is 0 Å². The minimum atomic E-state index is -0.535. The minimum absolute atomic E-state index is 0.0955. The number of halogens is 1. The second-order valence-electron chi connectivity index (χ2n) is 4.05. The number of esters is 1. The molecule has 1 heterocycles. The number of benzene rings is 1. The molecule has 5 nitrogen and oxygen atoms in total. The van der Waals surface area contributed by atoms with Gasteiger partial charge in [-0.3, -0.25) is 0 Å². The van der Waals surface area contributed by atoms with Crippen LogP contribution in [0.5, 0.6) is 0 Å². The van der Waals surface area contributed by atoms with E-state index in [1.165, 1.54) is 30.1 Å². The number of ether oxygens (including phenoxy) is 1. The molecule has 7 heteroatoms. The van der Waals surface area contributed by atoms with Gasteiger partial charge < -0.3 is 10.5 Å². The van der Waals surface area contributed by atoms with Crippen LogP contribution in [0.1, 0.15) is 23.1 Å². The average molecular weight is 307 g/mol. The van der Waals surface area contributed by atoms with Gasteiger partial charge in [-0.05, 0) is 31.2 Å². The third kappa shape index (κ3) is 4.16. The Hall–Kier alpha value is -2.15. The fraction of sp³-hybridized carbons (Fsp3) is 0.214. The zero-order valence-electron chi connectivity index (χ0n) is 11.4. The Morgan fingerprint density at radius 3 is 2.71 bits per heavy atom. The molecule has 0 atom stereocenters. The standard InChI is InChI=1S/C14H14FN3O2S/c1-2-20-14(19)11-7-17-12(18-13(11)16)8-21-10-5-3-9(15)4-6-10/h3-7H,2,8H2,1H3,(H2,16,17,18). The van der Waals surface area contributed by atoms with Gasteiger partial charge in [0.05, 0.1) is 12.4 Å². The van der Waals surface area contributed by atoms with Crippen LogP contribution < -0.4 is 5.73 Å². The number of nitrogens with zero attached hydrogens (tertiary/aromatic N) is 2. The highest BCUT2D eigenvalue weighted by Crippen LogP contribution is 2.22. The van der Waals surface area contributed by atoms with E-state index < -0.39 is 5.97 Å². The van der Waals surface area contributed by atoms with E-state index in [9.17, 15) is 9.18 Å². The van der Waals surface area contributed by atoms with Crippen LogP contribution in [-0.2, 0) is 10.5 Å². The number of aromatic nitrogens is 2. The molecular formula is C14H14FN3O2S. The molecule has 0 aliphatic heterocycles. The number of rotatable bonds is 5. The number of nitrogens with two attached hydrogens (primary N) is 1. The lowest BCUT2D eigenvalue weighted by Gasteiger charge is -2.06. The Bertz CT molecular complexity index is 635. The minimum Gasteiger partial charge on any atom is -0.462 e. The largest absolute Gasteiger partial charge is 0.462 e. The van der Waals surface area contributed by atoms with Gasteiger partial charge in [0, 0.05) is 11.1 Å². The fourth-order valence-corrected chi connectivity index (χ4v) is 2.31. The van der Waals surface area contributed by atoms with Gasteiger partial charge in [-0.15, -0.1) is 11.8 Å². The van der Waals surface area contributed by atoms with Gasteiger partial charge in [-0.2, -0.15) is 0 Å². The molecule has 0 aliphatic rings. The highest BCUT2D eigenvalue weighted by Gasteiger charge is 2.13. The van der Waals surface area contributed by atoms with E-state index in [-0.39, 0.29) is 23.8 Å². The van der Waals surface area contributed by atoms with Crippen LogP contribution in [0.25, 0.3) is 0 Å². The molecule has 0 saturated carbocycles. The number of hydrogen-bond acceptors (Lipinski definition) is 6. The van der Waals surface area contributed by atoms with Crippen molar-refractivity contribution in [3.05, 3.63) is 47.7 Å². The molecule has 2 rings (SSSR count). The third-order valence-electron chi connectivity index (χ3n) is 2.55. The monoisotopic (exact) mass is 307 g/mol. The highest BCUT2D eigenvalue weighted by atomic mass is 32.2. The van der Waals surface area contributed by atoms with E-state index >= 15 is 0 Å². The molecule has 0 radical (unpaired) electrons. The lowest BCUT2D eigenvalue weighted by atomic mass is 10.3. The molecule has 1 aromatic heterocycles. The van der Waals surface area contributed by atoms with Crippen molar-refractivity contribution in [2.75, 3.05) is 12.3 Å². The second kappa shape index (κ2) is 7.03. The molecule has 0 spiro atoms. The van der Waals surface area contributed by atoms with E-state index in [2.05, 4.69) is 9.97 Å². The van der Waals surface area contributed by atoms with Gasteiger partial charge in [-0.1, -0.05) is 0 Å². The van der Waals surface area contributed by atoms with Crippen LogP contribution in [0.15, 0.2) is 35.4 Å². The summed E-state index contributed by atoms with van der Waals surface area (Å²) >= 11 is 1.45. The summed E-state index contributed by atoms with van der Waals surface area (Å²) in [5, 5.41) is 0. The fourth-order valence-electron chi connectivity index (χ4n) is 1.55. The van der Waals surface area contributed by atoms with Crippen molar-refractivity contribution in [3.63, 3.8) is 0 Å². The summed E-state index contributed by atoms with van der Waals surface area (Å²) in [6.07, 6.45) is 1.36. The SMILES string of the molecule is CCOC(=O)c1cnc(CSc2ccc(F)cc2)nc1N. The molecule has 0 amide bonds. The summed E-state index contributed by atoms with van der Waals surface area (Å²) in [4.78, 5) is 20.6. The van der Waals surface area contributed by atoms with Crippen molar-refractivity contribution in [2.24, 2.45) is 0 Å². The molecule has 2 N–H and O–H groups in total. The number of carbonyl (C=O) groups excluding carboxylic acids is 1. The maximum absolute atomic E-state index is 12.8. The van der Waals surface area contributed by atoms with Gasteiger partial charge in [0.25, 0.3) is 0 Å². The summed E-state index contributed by atoms with van der Waals surface area (Å²) in [7, 11) is 0. The van der Waals surface area contributed by atoms with Gasteiger partial charge in [-0.25, -0.2) is 19.2 Å². The van der Waals surface area contributed by atoms with Crippen molar-refractivity contribution in [1.29, 1.82) is 0 Å². The number of anilines is 1. The first kappa shape index (κ1) is 15.2. The van der Waals surface area contributed by atoms with Crippen molar-refractivity contribution in [3.8, 4) is 0 Å². The van der Waals surface area contributed by atoms with E-state index in [0.717, 1.165) is 4.90 Å². The first-order valence-corrected chi connectivity index (χ1v) is 7.25. The molecular weight excluding hydrogens is 293 g/mol. The molecule has 0 fully saturated rings. The van der Waals surface area contributed by atoms with E-state index in [0.29, 0.717) is 11.6 Å². The first-order chi connectivity index (χ1) is 10.1. The summed E-state index contributed by atoms with van der Waals surface area (Å²) in [6, 6.07) is 6.13. The van der Waals surface area contributed by atoms with Crippen LogP contribution >= 0.6 is 11.8 Å². The Labute approximate surface area is 125 Å². The van der Waals surface area contributed by atoms with Gasteiger partial charge in [0.2, 0.25) is 0 Å². The summed E-state index contributed by atoms with van der Waals surface area (Å²) < 4.78 is 17.6. The lowest BCUT2D eigenvalue weighted by Crippen LogP contribution is -2.11. The molecule has 21 heavy (non-hydrogen) atoms.